The number of halogens is 1. The molecule has 0 aliphatic heterocycles. The molecule has 3 rings (SSSR count). The number of nitrogens with zero attached hydrogens (tertiary/aromatic N) is 1. The number of carbonyl (C=O) groups excluding carboxylic acids is 2. The summed E-state index contributed by atoms with van der Waals surface area (Å²) in [5.74, 6) is 1.25. The molecule has 0 unspecified atom stereocenters. The van der Waals surface area contributed by atoms with Gasteiger partial charge in [0.2, 0.25) is 11.8 Å². The quantitative estimate of drug-likeness (QED) is 0.276. The Bertz CT molecular complexity index is 1100. The van der Waals surface area contributed by atoms with E-state index in [1.807, 2.05) is 54.6 Å². The van der Waals surface area contributed by atoms with Gasteiger partial charge in [-0.25, -0.2) is 0 Å². The fraction of sp³-hybridized carbons (Fsp3) is 0.333. The number of hydrogen-bond donors (Lipinski definition) is 1. The Kier molecular flexibility index (Phi) is 11.1. The van der Waals surface area contributed by atoms with E-state index < -0.39 is 6.04 Å². The zero-order chi connectivity index (χ0) is 25.9. The van der Waals surface area contributed by atoms with Gasteiger partial charge < -0.3 is 10.2 Å². The van der Waals surface area contributed by atoms with E-state index in [4.69, 9.17) is 0 Å². The van der Waals surface area contributed by atoms with E-state index in [9.17, 15) is 9.59 Å². The van der Waals surface area contributed by atoms with Crippen LogP contribution in [0.25, 0.3) is 0 Å². The lowest BCUT2D eigenvalue weighted by molar-refractivity contribution is -0.139. The first kappa shape index (κ1) is 28.0. The van der Waals surface area contributed by atoms with Crippen molar-refractivity contribution in [3.05, 3.63) is 106 Å². The van der Waals surface area contributed by atoms with Crippen molar-refractivity contribution >= 4 is 39.5 Å². The topological polar surface area (TPSA) is 49.4 Å². The Morgan fingerprint density at radius 1 is 0.889 bits per heavy atom. The lowest BCUT2D eigenvalue weighted by atomic mass is 10.0. The highest BCUT2D eigenvalue weighted by atomic mass is 79.9. The van der Waals surface area contributed by atoms with Crippen molar-refractivity contribution in [2.75, 3.05) is 12.3 Å². The third-order valence-electron chi connectivity index (χ3n) is 5.84. The Labute approximate surface area is 228 Å². The summed E-state index contributed by atoms with van der Waals surface area (Å²) in [6.07, 6.45) is 0.468. The SMILES string of the molecule is Cc1ccc(CSCC(=O)N(Cc2ccc(Br)cc2)[C@@H](Cc2ccccc2)C(=O)NCC(C)C)cc1. The van der Waals surface area contributed by atoms with Gasteiger partial charge >= 0.3 is 0 Å². The van der Waals surface area contributed by atoms with Crippen molar-refractivity contribution in [2.45, 2.75) is 45.5 Å². The Hall–Kier alpha value is -2.57. The number of benzene rings is 3. The molecule has 1 N–H and O–H groups in total. The van der Waals surface area contributed by atoms with Crippen LogP contribution >= 0.6 is 27.7 Å². The van der Waals surface area contributed by atoms with E-state index in [0.29, 0.717) is 31.2 Å². The number of rotatable bonds is 12. The van der Waals surface area contributed by atoms with Gasteiger partial charge in [-0.2, -0.15) is 0 Å². The second-order valence-corrected chi connectivity index (χ2v) is 11.4. The van der Waals surface area contributed by atoms with Crippen LogP contribution in [0.5, 0.6) is 0 Å². The zero-order valence-corrected chi connectivity index (χ0v) is 23.6. The van der Waals surface area contributed by atoms with Crippen LogP contribution in [0, 0.1) is 12.8 Å². The van der Waals surface area contributed by atoms with Crippen molar-refractivity contribution in [3.8, 4) is 0 Å². The highest BCUT2D eigenvalue weighted by molar-refractivity contribution is 9.10. The Morgan fingerprint density at radius 2 is 1.53 bits per heavy atom. The number of amides is 2. The Morgan fingerprint density at radius 3 is 2.17 bits per heavy atom. The molecule has 2 amide bonds. The average Bonchev–Trinajstić information content (AvgIpc) is 2.87. The standard InChI is InChI=1S/C30H35BrN2O2S/c1-22(2)18-32-30(35)28(17-24-7-5-4-6-8-24)33(19-25-13-15-27(31)16-14-25)29(34)21-36-20-26-11-9-23(3)10-12-26/h4-16,22,28H,17-21H2,1-3H3,(H,32,35)/t28-/m0/s1. The molecule has 36 heavy (non-hydrogen) atoms. The molecule has 0 aromatic heterocycles. The third-order valence-corrected chi connectivity index (χ3v) is 7.35. The summed E-state index contributed by atoms with van der Waals surface area (Å²) >= 11 is 5.07. The van der Waals surface area contributed by atoms with Gasteiger partial charge in [0.25, 0.3) is 0 Å². The highest BCUT2D eigenvalue weighted by Gasteiger charge is 2.30. The summed E-state index contributed by atoms with van der Waals surface area (Å²) in [7, 11) is 0. The van der Waals surface area contributed by atoms with Crippen LogP contribution in [0.15, 0.2) is 83.3 Å². The van der Waals surface area contributed by atoms with Crippen LogP contribution in [-0.4, -0.2) is 35.1 Å². The van der Waals surface area contributed by atoms with Crippen LogP contribution in [0.1, 0.15) is 36.1 Å². The van der Waals surface area contributed by atoms with E-state index in [2.05, 4.69) is 66.3 Å². The lowest BCUT2D eigenvalue weighted by Crippen LogP contribution is -2.51. The first-order valence-corrected chi connectivity index (χ1v) is 14.3. The summed E-state index contributed by atoms with van der Waals surface area (Å²) in [4.78, 5) is 28.9. The van der Waals surface area contributed by atoms with Crippen LogP contribution < -0.4 is 5.32 Å². The molecule has 0 bridgehead atoms. The van der Waals surface area contributed by atoms with Gasteiger partial charge in [0.1, 0.15) is 6.04 Å². The predicted molar refractivity (Wildman–Crippen MR) is 154 cm³/mol. The molecule has 0 spiro atoms. The minimum absolute atomic E-state index is 0.0318. The molecule has 0 saturated heterocycles. The maximum Gasteiger partial charge on any atom is 0.243 e. The second kappa shape index (κ2) is 14.2. The lowest BCUT2D eigenvalue weighted by Gasteiger charge is -2.32. The van der Waals surface area contributed by atoms with Gasteiger partial charge in [-0.05, 0) is 41.7 Å². The molecule has 3 aromatic carbocycles. The number of nitrogens with one attached hydrogen (secondary N) is 1. The fourth-order valence-corrected chi connectivity index (χ4v) is 4.92. The molecule has 3 aromatic rings. The molecular formula is C30H35BrN2O2S. The van der Waals surface area contributed by atoms with Crippen molar-refractivity contribution < 1.29 is 9.59 Å². The van der Waals surface area contributed by atoms with E-state index in [-0.39, 0.29) is 11.8 Å². The van der Waals surface area contributed by atoms with E-state index in [1.165, 1.54) is 11.1 Å². The monoisotopic (exact) mass is 566 g/mol. The third kappa shape index (κ3) is 9.14. The maximum absolute atomic E-state index is 13.6. The van der Waals surface area contributed by atoms with Gasteiger partial charge in [0.15, 0.2) is 0 Å². The van der Waals surface area contributed by atoms with Crippen LogP contribution in [-0.2, 0) is 28.3 Å². The van der Waals surface area contributed by atoms with E-state index in [1.54, 1.807) is 16.7 Å². The summed E-state index contributed by atoms with van der Waals surface area (Å²) < 4.78 is 0.980. The number of carbonyl (C=O) groups is 2. The van der Waals surface area contributed by atoms with Crippen molar-refractivity contribution in [2.24, 2.45) is 5.92 Å². The average molecular weight is 568 g/mol. The second-order valence-electron chi connectivity index (χ2n) is 9.47. The number of thioether (sulfide) groups is 1. The largest absolute Gasteiger partial charge is 0.354 e. The minimum atomic E-state index is -0.595. The summed E-state index contributed by atoms with van der Waals surface area (Å²) in [5.41, 5.74) is 4.43. The zero-order valence-electron chi connectivity index (χ0n) is 21.2. The molecule has 0 aliphatic rings. The van der Waals surface area contributed by atoms with Crippen LogP contribution in [0.4, 0.5) is 0 Å². The molecule has 4 nitrogen and oxygen atoms in total. The highest BCUT2D eigenvalue weighted by Crippen LogP contribution is 2.20. The van der Waals surface area contributed by atoms with Crippen LogP contribution in [0.2, 0.25) is 0 Å². The molecule has 0 radical (unpaired) electrons. The summed E-state index contributed by atoms with van der Waals surface area (Å²) in [5, 5.41) is 3.07. The normalized spacial score (nSPS) is 11.8. The molecular weight excluding hydrogens is 532 g/mol. The number of hydrogen-bond acceptors (Lipinski definition) is 3. The fourth-order valence-electron chi connectivity index (χ4n) is 3.79. The Balaban J connectivity index is 1.82. The maximum atomic E-state index is 13.6. The van der Waals surface area contributed by atoms with Gasteiger partial charge in [-0.15, -0.1) is 11.8 Å². The molecule has 0 saturated carbocycles. The summed E-state index contributed by atoms with van der Waals surface area (Å²) in [6, 6.07) is 25.6. The summed E-state index contributed by atoms with van der Waals surface area (Å²) in [6.45, 7) is 7.16. The number of aryl methyl sites for hydroxylation is 1. The van der Waals surface area contributed by atoms with Gasteiger partial charge in [-0.1, -0.05) is 102 Å². The predicted octanol–water partition coefficient (Wildman–Crippen LogP) is 6.40. The molecule has 190 valence electrons. The van der Waals surface area contributed by atoms with Crippen molar-refractivity contribution in [1.82, 2.24) is 10.2 Å². The van der Waals surface area contributed by atoms with Crippen molar-refractivity contribution in [3.63, 3.8) is 0 Å². The first-order chi connectivity index (χ1) is 17.3. The molecule has 0 heterocycles. The molecule has 1 atom stereocenters. The molecule has 0 aliphatic carbocycles. The molecule has 0 fully saturated rings. The smallest absolute Gasteiger partial charge is 0.243 e. The van der Waals surface area contributed by atoms with Crippen LogP contribution in [0.3, 0.4) is 0 Å². The first-order valence-electron chi connectivity index (χ1n) is 12.3. The van der Waals surface area contributed by atoms with Gasteiger partial charge in [0, 0.05) is 29.7 Å². The minimum Gasteiger partial charge on any atom is -0.354 e. The van der Waals surface area contributed by atoms with Crippen molar-refractivity contribution in [1.29, 1.82) is 0 Å². The van der Waals surface area contributed by atoms with E-state index >= 15 is 0 Å². The van der Waals surface area contributed by atoms with E-state index in [0.717, 1.165) is 21.4 Å². The molecule has 6 heteroatoms. The van der Waals surface area contributed by atoms with Gasteiger partial charge in [0.05, 0.1) is 5.75 Å². The van der Waals surface area contributed by atoms with Gasteiger partial charge in [-0.3, -0.25) is 9.59 Å².